The molecule has 0 amide bonds. The lowest BCUT2D eigenvalue weighted by Crippen LogP contribution is -2.40. The summed E-state index contributed by atoms with van der Waals surface area (Å²) in [6, 6.07) is 0. The zero-order valence-corrected chi connectivity index (χ0v) is 8.76. The highest BCUT2D eigenvalue weighted by atomic mass is 35.5. The molecule has 0 aromatic carbocycles. The van der Waals surface area contributed by atoms with Gasteiger partial charge in [0.1, 0.15) is 0 Å². The second-order valence-corrected chi connectivity index (χ2v) is 6.31. The molecule has 0 radical (unpaired) electrons. The molecule has 5 N–H and O–H groups in total. The van der Waals surface area contributed by atoms with Crippen LogP contribution in [0.3, 0.4) is 0 Å². The minimum Gasteiger partial charge on any atom is -0.411 e. The van der Waals surface area contributed by atoms with Crippen molar-refractivity contribution >= 4 is 24.8 Å². The lowest BCUT2D eigenvalue weighted by atomic mass is 9.97. The van der Waals surface area contributed by atoms with Crippen molar-refractivity contribution in [3.05, 3.63) is 0 Å². The second-order valence-electron chi connectivity index (χ2n) is 3.22. The summed E-state index contributed by atoms with van der Waals surface area (Å²) in [7, 11) is -3.45. The van der Waals surface area contributed by atoms with E-state index in [1.165, 1.54) is 0 Å². The summed E-state index contributed by atoms with van der Waals surface area (Å²) in [5.74, 6) is 0. The molecule has 0 spiro atoms. The first-order valence-corrected chi connectivity index (χ1v) is 6.22. The van der Waals surface area contributed by atoms with E-state index >= 15 is 0 Å². The standard InChI is InChI=1S/C6H13ClN3O2P/c7-6(13(8,9)12)4-2-1-3-5(6)10-11/h11H,1-4H2,(H4,8,9,12)/b10-5+. The Bertz CT molecular complexity index is 277. The van der Waals surface area contributed by atoms with Crippen molar-refractivity contribution < 1.29 is 9.77 Å². The van der Waals surface area contributed by atoms with Crippen LogP contribution in [0.1, 0.15) is 25.7 Å². The van der Waals surface area contributed by atoms with E-state index in [2.05, 4.69) is 5.16 Å². The number of oxime groups is 1. The van der Waals surface area contributed by atoms with Gasteiger partial charge in [-0.1, -0.05) is 11.6 Å². The Balaban J connectivity index is 3.04. The number of halogens is 1. The fourth-order valence-corrected chi connectivity index (χ4v) is 2.82. The summed E-state index contributed by atoms with van der Waals surface area (Å²) in [6.07, 6.45) is 2.55. The molecule has 0 saturated heterocycles. The van der Waals surface area contributed by atoms with Crippen molar-refractivity contribution in [2.75, 3.05) is 0 Å². The summed E-state index contributed by atoms with van der Waals surface area (Å²) in [5.41, 5.74) is 10.9. The molecule has 13 heavy (non-hydrogen) atoms. The van der Waals surface area contributed by atoms with Crippen LogP contribution in [0.25, 0.3) is 0 Å². The smallest absolute Gasteiger partial charge is 0.232 e. The van der Waals surface area contributed by atoms with Crippen LogP contribution >= 0.6 is 19.0 Å². The molecule has 1 rings (SSSR count). The van der Waals surface area contributed by atoms with Crippen molar-refractivity contribution in [2.24, 2.45) is 16.2 Å². The Kier molecular flexibility index (Phi) is 3.02. The maximum Gasteiger partial charge on any atom is 0.232 e. The SMILES string of the molecule is NP(N)(=O)C1(Cl)CCCC/C1=N\O. The zero-order chi connectivity index (χ0) is 10.1. The third-order valence-electron chi connectivity index (χ3n) is 2.29. The van der Waals surface area contributed by atoms with Crippen LogP contribution in [-0.4, -0.2) is 15.5 Å². The first kappa shape index (κ1) is 11.0. The molecule has 1 unspecified atom stereocenters. The highest BCUT2D eigenvalue weighted by molar-refractivity contribution is 7.64. The van der Waals surface area contributed by atoms with Crippen molar-refractivity contribution in [3.63, 3.8) is 0 Å². The minimum absolute atomic E-state index is 0.244. The molecule has 1 atom stereocenters. The van der Waals surface area contributed by atoms with E-state index < -0.39 is 12.1 Å². The van der Waals surface area contributed by atoms with E-state index in [0.717, 1.165) is 12.8 Å². The van der Waals surface area contributed by atoms with Crippen molar-refractivity contribution in [2.45, 2.75) is 30.3 Å². The Hall–Kier alpha value is -0.0900. The van der Waals surface area contributed by atoms with E-state index in [0.29, 0.717) is 12.8 Å². The normalized spacial score (nSPS) is 33.6. The van der Waals surface area contributed by atoms with Crippen LogP contribution in [0.4, 0.5) is 0 Å². The van der Waals surface area contributed by atoms with Crippen LogP contribution in [-0.2, 0) is 4.57 Å². The van der Waals surface area contributed by atoms with Gasteiger partial charge >= 0.3 is 0 Å². The first-order valence-electron chi connectivity index (χ1n) is 3.99. The number of hydrogen-bond acceptors (Lipinski definition) is 3. The fraction of sp³-hybridized carbons (Fsp3) is 0.833. The molecule has 76 valence electrons. The third kappa shape index (κ3) is 1.89. The van der Waals surface area contributed by atoms with Gasteiger partial charge in [0.25, 0.3) is 0 Å². The van der Waals surface area contributed by atoms with Crippen LogP contribution in [0, 0.1) is 0 Å². The maximum absolute atomic E-state index is 11.5. The molecule has 1 aliphatic carbocycles. The summed E-state index contributed by atoms with van der Waals surface area (Å²) in [5, 5.41) is 11.7. The lowest BCUT2D eigenvalue weighted by molar-refractivity contribution is 0.313. The van der Waals surface area contributed by atoms with Gasteiger partial charge in [-0.2, -0.15) is 0 Å². The van der Waals surface area contributed by atoms with Gasteiger partial charge in [-0.05, 0) is 19.3 Å². The summed E-state index contributed by atoms with van der Waals surface area (Å²) in [4.78, 5) is 0. The van der Waals surface area contributed by atoms with E-state index in [-0.39, 0.29) is 5.71 Å². The van der Waals surface area contributed by atoms with Crippen molar-refractivity contribution in [1.29, 1.82) is 0 Å². The molecule has 7 heteroatoms. The largest absolute Gasteiger partial charge is 0.411 e. The van der Waals surface area contributed by atoms with Gasteiger partial charge < -0.3 is 5.21 Å². The molecule has 0 aromatic rings. The molecule has 0 aliphatic heterocycles. The number of nitrogens with two attached hydrogens (primary N) is 2. The summed E-state index contributed by atoms with van der Waals surface area (Å²) >= 11 is 6.01. The number of alkyl halides is 1. The minimum atomic E-state index is -3.45. The van der Waals surface area contributed by atoms with Crippen molar-refractivity contribution in [3.8, 4) is 0 Å². The Morgan fingerprint density at radius 2 is 2.15 bits per heavy atom. The Labute approximate surface area is 81.6 Å². The van der Waals surface area contributed by atoms with E-state index in [1.54, 1.807) is 0 Å². The highest BCUT2D eigenvalue weighted by Crippen LogP contribution is 2.54. The van der Waals surface area contributed by atoms with Crippen LogP contribution in [0.5, 0.6) is 0 Å². The molecular formula is C6H13ClN3O2P. The number of hydrogen-bond donors (Lipinski definition) is 3. The second kappa shape index (κ2) is 3.58. The molecule has 0 heterocycles. The highest BCUT2D eigenvalue weighted by Gasteiger charge is 2.48. The van der Waals surface area contributed by atoms with E-state index in [4.69, 9.17) is 27.8 Å². The predicted molar refractivity (Wildman–Crippen MR) is 52.3 cm³/mol. The van der Waals surface area contributed by atoms with E-state index in [9.17, 15) is 4.57 Å². The molecule has 1 aliphatic rings. The Morgan fingerprint density at radius 1 is 1.54 bits per heavy atom. The van der Waals surface area contributed by atoms with Gasteiger partial charge in [0, 0.05) is 0 Å². The van der Waals surface area contributed by atoms with Crippen LogP contribution < -0.4 is 11.0 Å². The predicted octanol–water partition coefficient (Wildman–Crippen LogP) is 1.44. The van der Waals surface area contributed by atoms with Gasteiger partial charge in [0.05, 0.1) is 5.71 Å². The fourth-order valence-electron chi connectivity index (χ4n) is 1.49. The van der Waals surface area contributed by atoms with Crippen LogP contribution in [0.2, 0.25) is 0 Å². The average Bonchev–Trinajstić information content (AvgIpc) is 2.03. The topological polar surface area (TPSA) is 102 Å². The zero-order valence-electron chi connectivity index (χ0n) is 7.11. The van der Waals surface area contributed by atoms with Gasteiger partial charge in [0.15, 0.2) is 4.62 Å². The third-order valence-corrected chi connectivity index (χ3v) is 5.08. The summed E-state index contributed by atoms with van der Waals surface area (Å²) in [6.45, 7) is 0. The molecule has 0 aromatic heterocycles. The molecule has 5 nitrogen and oxygen atoms in total. The first-order chi connectivity index (χ1) is 5.92. The summed E-state index contributed by atoms with van der Waals surface area (Å²) < 4.78 is 10.2. The number of nitrogens with zero attached hydrogens (tertiary/aromatic N) is 1. The van der Waals surface area contributed by atoms with Crippen LogP contribution in [0.15, 0.2) is 5.16 Å². The van der Waals surface area contributed by atoms with E-state index in [1.807, 2.05) is 0 Å². The van der Waals surface area contributed by atoms with Gasteiger partial charge in [-0.15, -0.1) is 11.6 Å². The monoisotopic (exact) mass is 225 g/mol. The molecular weight excluding hydrogens is 213 g/mol. The number of rotatable bonds is 1. The maximum atomic E-state index is 11.5. The van der Waals surface area contributed by atoms with Gasteiger partial charge in [0.2, 0.25) is 7.44 Å². The molecule has 0 bridgehead atoms. The van der Waals surface area contributed by atoms with Gasteiger partial charge in [-0.25, -0.2) is 0 Å². The Morgan fingerprint density at radius 3 is 2.54 bits per heavy atom. The molecule has 1 fully saturated rings. The lowest BCUT2D eigenvalue weighted by Gasteiger charge is -2.33. The average molecular weight is 226 g/mol. The molecule has 1 saturated carbocycles. The van der Waals surface area contributed by atoms with Crippen molar-refractivity contribution in [1.82, 2.24) is 0 Å². The van der Waals surface area contributed by atoms with Gasteiger partial charge in [-0.3, -0.25) is 15.6 Å². The quantitative estimate of drug-likeness (QED) is 0.272.